The summed E-state index contributed by atoms with van der Waals surface area (Å²) in [7, 11) is 1.68. The molecule has 1 N–H and O–H groups in total. The van der Waals surface area contributed by atoms with Crippen LogP contribution in [-0.4, -0.2) is 28.0 Å². The number of H-pyrrole nitrogens is 1. The fourth-order valence-electron chi connectivity index (χ4n) is 1.44. The first-order valence-corrected chi connectivity index (χ1v) is 6.41. The molecule has 5 heteroatoms. The van der Waals surface area contributed by atoms with Crippen molar-refractivity contribution in [2.45, 2.75) is 18.5 Å². The standard InChI is InChI=1S/C12H15N3OS/c1-9-13-12(15-14-9)17-8-7-10-3-5-11(16-2)6-4-10/h3-6H,7-8H2,1-2H3,(H,13,14,15). The van der Waals surface area contributed by atoms with Gasteiger partial charge >= 0.3 is 0 Å². The first kappa shape index (κ1) is 12.0. The first-order valence-electron chi connectivity index (χ1n) is 5.42. The van der Waals surface area contributed by atoms with Crippen LogP contribution in [0.2, 0.25) is 0 Å². The average molecular weight is 249 g/mol. The van der Waals surface area contributed by atoms with Gasteiger partial charge in [-0.3, -0.25) is 5.10 Å². The van der Waals surface area contributed by atoms with E-state index in [0.29, 0.717) is 0 Å². The lowest BCUT2D eigenvalue weighted by atomic mass is 10.2. The van der Waals surface area contributed by atoms with E-state index in [4.69, 9.17) is 4.74 Å². The minimum absolute atomic E-state index is 0.816. The van der Waals surface area contributed by atoms with Crippen LogP contribution in [0.25, 0.3) is 0 Å². The molecule has 90 valence electrons. The van der Waals surface area contributed by atoms with E-state index in [1.165, 1.54) is 5.56 Å². The fourth-order valence-corrected chi connectivity index (χ4v) is 2.27. The highest BCUT2D eigenvalue weighted by atomic mass is 32.2. The number of hydrogen-bond donors (Lipinski definition) is 1. The van der Waals surface area contributed by atoms with Crippen molar-refractivity contribution in [3.05, 3.63) is 35.7 Å². The molecule has 4 nitrogen and oxygen atoms in total. The zero-order valence-electron chi connectivity index (χ0n) is 9.93. The van der Waals surface area contributed by atoms with Gasteiger partial charge in [-0.15, -0.1) is 5.10 Å². The molecule has 0 atom stereocenters. The molecule has 0 saturated carbocycles. The van der Waals surface area contributed by atoms with Gasteiger partial charge in [0, 0.05) is 5.75 Å². The molecule has 2 rings (SSSR count). The number of aromatic amines is 1. The monoisotopic (exact) mass is 249 g/mol. The third-order valence-electron chi connectivity index (χ3n) is 2.36. The molecule has 0 spiro atoms. The maximum atomic E-state index is 5.12. The van der Waals surface area contributed by atoms with Crippen molar-refractivity contribution in [3.63, 3.8) is 0 Å². The highest BCUT2D eigenvalue weighted by Crippen LogP contribution is 2.16. The summed E-state index contributed by atoms with van der Waals surface area (Å²) in [5.41, 5.74) is 1.30. The molecular weight excluding hydrogens is 234 g/mol. The van der Waals surface area contributed by atoms with Gasteiger partial charge in [0.1, 0.15) is 11.6 Å². The Morgan fingerprint density at radius 2 is 2.06 bits per heavy atom. The molecule has 0 radical (unpaired) electrons. The second kappa shape index (κ2) is 5.72. The summed E-state index contributed by atoms with van der Waals surface area (Å²) < 4.78 is 5.12. The van der Waals surface area contributed by atoms with Gasteiger partial charge in [-0.2, -0.15) is 0 Å². The molecule has 1 aromatic carbocycles. The van der Waals surface area contributed by atoms with Crippen LogP contribution >= 0.6 is 11.8 Å². The lowest BCUT2D eigenvalue weighted by Crippen LogP contribution is -1.90. The summed E-state index contributed by atoms with van der Waals surface area (Å²) in [4.78, 5) is 4.25. The minimum atomic E-state index is 0.816. The summed E-state index contributed by atoms with van der Waals surface area (Å²) in [6.07, 6.45) is 1.00. The Morgan fingerprint density at radius 3 is 2.65 bits per heavy atom. The summed E-state index contributed by atoms with van der Waals surface area (Å²) >= 11 is 1.66. The van der Waals surface area contributed by atoms with Gasteiger partial charge in [0.25, 0.3) is 0 Å². The zero-order valence-corrected chi connectivity index (χ0v) is 10.8. The van der Waals surface area contributed by atoms with Crippen LogP contribution in [0, 0.1) is 6.92 Å². The van der Waals surface area contributed by atoms with Crippen LogP contribution in [0.1, 0.15) is 11.4 Å². The Labute approximate surface area is 105 Å². The van der Waals surface area contributed by atoms with E-state index >= 15 is 0 Å². The van der Waals surface area contributed by atoms with Crippen LogP contribution < -0.4 is 4.74 Å². The van der Waals surface area contributed by atoms with E-state index in [1.807, 2.05) is 19.1 Å². The number of aryl methyl sites for hydroxylation is 2. The van der Waals surface area contributed by atoms with Crippen LogP contribution in [0.4, 0.5) is 0 Å². The van der Waals surface area contributed by atoms with Crippen molar-refractivity contribution in [3.8, 4) is 5.75 Å². The molecular formula is C12H15N3OS. The SMILES string of the molecule is COc1ccc(CCSc2n[nH]c(C)n2)cc1. The highest BCUT2D eigenvalue weighted by Gasteiger charge is 2.01. The number of hydrogen-bond acceptors (Lipinski definition) is 4. The number of nitrogens with one attached hydrogen (secondary N) is 1. The number of aromatic nitrogens is 3. The first-order chi connectivity index (χ1) is 8.28. The predicted octanol–water partition coefficient (Wildman–Crippen LogP) is 2.46. The second-order valence-corrected chi connectivity index (χ2v) is 4.71. The van der Waals surface area contributed by atoms with Crippen molar-refractivity contribution >= 4 is 11.8 Å². The maximum Gasteiger partial charge on any atom is 0.208 e. The summed E-state index contributed by atoms with van der Waals surface area (Å²) in [5, 5.41) is 7.73. The van der Waals surface area contributed by atoms with Gasteiger partial charge in [-0.1, -0.05) is 23.9 Å². The van der Waals surface area contributed by atoms with Crippen molar-refractivity contribution in [1.29, 1.82) is 0 Å². The van der Waals surface area contributed by atoms with E-state index in [-0.39, 0.29) is 0 Å². The van der Waals surface area contributed by atoms with Crippen molar-refractivity contribution in [1.82, 2.24) is 15.2 Å². The molecule has 0 unspecified atom stereocenters. The van der Waals surface area contributed by atoms with Gasteiger partial charge in [-0.25, -0.2) is 4.98 Å². The molecule has 2 aromatic rings. The topological polar surface area (TPSA) is 50.8 Å². The van der Waals surface area contributed by atoms with Crippen molar-refractivity contribution in [2.24, 2.45) is 0 Å². The van der Waals surface area contributed by atoms with Crippen molar-refractivity contribution < 1.29 is 4.74 Å². The molecule has 0 aliphatic carbocycles. The van der Waals surface area contributed by atoms with Gasteiger partial charge in [0.15, 0.2) is 0 Å². The molecule has 17 heavy (non-hydrogen) atoms. The van der Waals surface area contributed by atoms with Gasteiger partial charge < -0.3 is 4.74 Å². The zero-order chi connectivity index (χ0) is 12.1. The molecule has 0 saturated heterocycles. The van der Waals surface area contributed by atoms with Crippen LogP contribution in [0.15, 0.2) is 29.4 Å². The lowest BCUT2D eigenvalue weighted by molar-refractivity contribution is 0.414. The predicted molar refractivity (Wildman–Crippen MR) is 68.5 cm³/mol. The largest absolute Gasteiger partial charge is 0.497 e. The minimum Gasteiger partial charge on any atom is -0.497 e. The van der Waals surface area contributed by atoms with E-state index in [1.54, 1.807) is 18.9 Å². The Bertz CT molecular complexity index is 467. The Hall–Kier alpha value is -1.49. The maximum absolute atomic E-state index is 5.12. The number of rotatable bonds is 5. The Balaban J connectivity index is 1.81. The quantitative estimate of drug-likeness (QED) is 0.827. The highest BCUT2D eigenvalue weighted by molar-refractivity contribution is 7.99. The number of methoxy groups -OCH3 is 1. The number of nitrogens with zero attached hydrogens (tertiary/aromatic N) is 2. The second-order valence-electron chi connectivity index (χ2n) is 3.65. The van der Waals surface area contributed by atoms with E-state index in [2.05, 4.69) is 27.3 Å². The third kappa shape index (κ3) is 3.49. The average Bonchev–Trinajstić information content (AvgIpc) is 2.76. The molecule has 1 aromatic heterocycles. The van der Waals surface area contributed by atoms with Crippen LogP contribution in [0.3, 0.4) is 0 Å². The number of ether oxygens (including phenoxy) is 1. The molecule has 0 amide bonds. The van der Waals surface area contributed by atoms with Gasteiger partial charge in [0.05, 0.1) is 7.11 Å². The van der Waals surface area contributed by atoms with Gasteiger partial charge in [0.2, 0.25) is 5.16 Å². The normalized spacial score (nSPS) is 10.5. The Kier molecular flexibility index (Phi) is 4.03. The molecule has 1 heterocycles. The third-order valence-corrected chi connectivity index (χ3v) is 3.21. The van der Waals surface area contributed by atoms with E-state index in [0.717, 1.165) is 28.9 Å². The van der Waals surface area contributed by atoms with Crippen LogP contribution in [0.5, 0.6) is 5.75 Å². The Morgan fingerprint density at radius 1 is 1.29 bits per heavy atom. The molecule has 0 aliphatic rings. The van der Waals surface area contributed by atoms with E-state index in [9.17, 15) is 0 Å². The van der Waals surface area contributed by atoms with Crippen LogP contribution in [-0.2, 0) is 6.42 Å². The fraction of sp³-hybridized carbons (Fsp3) is 0.333. The van der Waals surface area contributed by atoms with E-state index < -0.39 is 0 Å². The molecule has 0 aliphatic heterocycles. The lowest BCUT2D eigenvalue weighted by Gasteiger charge is -2.02. The summed E-state index contributed by atoms with van der Waals surface area (Å²) in [6, 6.07) is 8.14. The summed E-state index contributed by atoms with van der Waals surface area (Å²) in [5.74, 6) is 2.73. The van der Waals surface area contributed by atoms with Gasteiger partial charge in [-0.05, 0) is 31.0 Å². The number of thioether (sulfide) groups is 1. The summed E-state index contributed by atoms with van der Waals surface area (Å²) in [6.45, 7) is 1.90. The molecule has 0 fully saturated rings. The smallest absolute Gasteiger partial charge is 0.208 e. The van der Waals surface area contributed by atoms with Crippen molar-refractivity contribution in [2.75, 3.05) is 12.9 Å². The molecule has 0 bridgehead atoms. The number of benzene rings is 1.